The minimum absolute atomic E-state index is 0. The van der Waals surface area contributed by atoms with Crippen LogP contribution in [0, 0.1) is 0 Å². The van der Waals surface area contributed by atoms with E-state index >= 15 is 0 Å². The zero-order valence-electron chi connectivity index (χ0n) is 18.0. The molecule has 168 valence electrons. The van der Waals surface area contributed by atoms with Gasteiger partial charge in [0.25, 0.3) is 11.8 Å². The molecule has 1 heterocycles. The number of hydroxylamine groups is 1. The molecule has 0 radical (unpaired) electrons. The van der Waals surface area contributed by atoms with Crippen molar-refractivity contribution in [2.45, 2.75) is 65.7 Å². The maximum absolute atomic E-state index is 13.0. The van der Waals surface area contributed by atoms with Crippen LogP contribution in [0.1, 0.15) is 57.5 Å². The monoisotopic (exact) mass is 426 g/mol. The molecule has 1 saturated heterocycles. The Hall–Kier alpha value is -2.70. The van der Waals surface area contributed by atoms with Gasteiger partial charge in [0.1, 0.15) is 6.04 Å². The Morgan fingerprint density at radius 3 is 2.13 bits per heavy atom. The first-order chi connectivity index (χ1) is 14.2. The Morgan fingerprint density at radius 2 is 1.61 bits per heavy atom. The van der Waals surface area contributed by atoms with Gasteiger partial charge in [0, 0.05) is 12.1 Å². The lowest BCUT2D eigenvalue weighted by Gasteiger charge is -2.27. The number of likely N-dealkylation sites (tertiary alicyclic amines) is 1. The molecule has 6 nitrogen and oxygen atoms in total. The van der Waals surface area contributed by atoms with Crippen LogP contribution in [0.3, 0.4) is 0 Å². The summed E-state index contributed by atoms with van der Waals surface area (Å²) in [6.45, 7) is 7.84. The van der Waals surface area contributed by atoms with Crippen molar-refractivity contribution in [2.75, 3.05) is 6.54 Å². The second kappa shape index (κ2) is 10.1. The van der Waals surface area contributed by atoms with Gasteiger partial charge in [-0.15, -0.1) is 0 Å². The zero-order chi connectivity index (χ0) is 21.9. The lowest BCUT2D eigenvalue weighted by molar-refractivity contribution is -0.151. The molecule has 2 aromatic carbocycles. The number of nitrogens with one attached hydrogen (secondary N) is 1. The predicted molar refractivity (Wildman–Crippen MR) is 122 cm³/mol. The Kier molecular flexibility index (Phi) is 7.98. The SMILES string of the molecule is C.CCc1ccc(-c2ccc(C(=O)N3CC[C@H](O)[C@H]3C(=O)NOC(C)(C)C)cc2)cc1. The first kappa shape index (κ1) is 24.6. The Labute approximate surface area is 185 Å². The number of aliphatic hydroxyl groups is 1. The van der Waals surface area contributed by atoms with Crippen molar-refractivity contribution in [1.29, 1.82) is 0 Å². The average Bonchev–Trinajstić information content (AvgIpc) is 3.12. The number of amides is 2. The van der Waals surface area contributed by atoms with Gasteiger partial charge in [0.15, 0.2) is 0 Å². The van der Waals surface area contributed by atoms with E-state index in [2.05, 4.69) is 36.7 Å². The van der Waals surface area contributed by atoms with Gasteiger partial charge in [0.2, 0.25) is 0 Å². The molecule has 0 bridgehead atoms. The van der Waals surface area contributed by atoms with Gasteiger partial charge in [-0.1, -0.05) is 50.7 Å². The summed E-state index contributed by atoms with van der Waals surface area (Å²) in [6, 6.07) is 14.7. The molecule has 3 rings (SSSR count). The van der Waals surface area contributed by atoms with Gasteiger partial charge < -0.3 is 10.0 Å². The summed E-state index contributed by atoms with van der Waals surface area (Å²) < 4.78 is 0. The van der Waals surface area contributed by atoms with Gasteiger partial charge in [-0.05, 0) is 62.4 Å². The van der Waals surface area contributed by atoms with E-state index in [1.807, 2.05) is 12.1 Å². The van der Waals surface area contributed by atoms with E-state index in [9.17, 15) is 14.7 Å². The van der Waals surface area contributed by atoms with Crippen molar-refractivity contribution in [3.8, 4) is 11.1 Å². The van der Waals surface area contributed by atoms with Gasteiger partial charge in [0.05, 0.1) is 11.7 Å². The van der Waals surface area contributed by atoms with Crippen LogP contribution in [0.15, 0.2) is 48.5 Å². The summed E-state index contributed by atoms with van der Waals surface area (Å²) in [5.41, 5.74) is 5.66. The number of aryl methyl sites for hydroxylation is 1. The van der Waals surface area contributed by atoms with Gasteiger partial charge in [-0.25, -0.2) is 5.48 Å². The number of hydrogen-bond donors (Lipinski definition) is 2. The summed E-state index contributed by atoms with van der Waals surface area (Å²) in [4.78, 5) is 32.3. The third-order valence-electron chi connectivity index (χ3n) is 5.18. The second-order valence-electron chi connectivity index (χ2n) is 8.61. The minimum Gasteiger partial charge on any atom is -0.390 e. The molecule has 0 aromatic heterocycles. The number of carbonyl (C=O) groups excluding carboxylic acids is 2. The number of nitrogens with zero attached hydrogens (tertiary/aromatic N) is 1. The topological polar surface area (TPSA) is 78.9 Å². The lowest BCUT2D eigenvalue weighted by Crippen LogP contribution is -2.51. The first-order valence-electron chi connectivity index (χ1n) is 10.4. The normalized spacial score (nSPS) is 18.4. The number of rotatable bonds is 5. The molecular weight excluding hydrogens is 392 g/mol. The zero-order valence-corrected chi connectivity index (χ0v) is 18.0. The largest absolute Gasteiger partial charge is 0.390 e. The summed E-state index contributed by atoms with van der Waals surface area (Å²) in [5, 5.41) is 10.3. The fourth-order valence-electron chi connectivity index (χ4n) is 3.49. The molecule has 2 aromatic rings. The van der Waals surface area contributed by atoms with Crippen LogP contribution in [-0.4, -0.2) is 46.1 Å². The van der Waals surface area contributed by atoms with Gasteiger partial charge >= 0.3 is 0 Å². The molecule has 0 unspecified atom stereocenters. The van der Waals surface area contributed by atoms with E-state index in [1.54, 1.807) is 32.9 Å². The summed E-state index contributed by atoms with van der Waals surface area (Å²) in [7, 11) is 0. The molecular formula is C25H34N2O4. The van der Waals surface area contributed by atoms with Crippen LogP contribution in [0.2, 0.25) is 0 Å². The van der Waals surface area contributed by atoms with Gasteiger partial charge in [-0.2, -0.15) is 0 Å². The molecule has 0 spiro atoms. The van der Waals surface area contributed by atoms with E-state index in [0.29, 0.717) is 18.5 Å². The fraction of sp³-hybridized carbons (Fsp3) is 0.440. The highest BCUT2D eigenvalue weighted by Gasteiger charge is 2.41. The maximum atomic E-state index is 13.0. The number of benzene rings is 2. The van der Waals surface area contributed by atoms with Crippen molar-refractivity contribution in [2.24, 2.45) is 0 Å². The van der Waals surface area contributed by atoms with Crippen LogP contribution in [0.5, 0.6) is 0 Å². The molecule has 1 aliphatic heterocycles. The Morgan fingerprint density at radius 1 is 1.06 bits per heavy atom. The third kappa shape index (κ3) is 5.93. The number of aliphatic hydroxyl groups excluding tert-OH is 1. The van der Waals surface area contributed by atoms with Crippen molar-refractivity contribution in [3.63, 3.8) is 0 Å². The molecule has 31 heavy (non-hydrogen) atoms. The second-order valence-corrected chi connectivity index (χ2v) is 8.61. The fourth-order valence-corrected chi connectivity index (χ4v) is 3.49. The molecule has 0 aliphatic carbocycles. The Balaban J connectivity index is 0.00000341. The van der Waals surface area contributed by atoms with Crippen molar-refractivity contribution in [1.82, 2.24) is 10.4 Å². The molecule has 1 aliphatic rings. The van der Waals surface area contributed by atoms with Crippen LogP contribution in [-0.2, 0) is 16.1 Å². The highest BCUT2D eigenvalue weighted by Crippen LogP contribution is 2.24. The number of hydrogen-bond acceptors (Lipinski definition) is 4. The van der Waals surface area contributed by atoms with Crippen molar-refractivity contribution >= 4 is 11.8 Å². The molecule has 0 saturated carbocycles. The minimum atomic E-state index is -0.971. The molecule has 2 N–H and O–H groups in total. The Bertz CT molecular complexity index is 885. The highest BCUT2D eigenvalue weighted by atomic mass is 16.7. The van der Waals surface area contributed by atoms with Crippen LogP contribution in [0.4, 0.5) is 0 Å². The van der Waals surface area contributed by atoms with E-state index in [0.717, 1.165) is 17.5 Å². The average molecular weight is 427 g/mol. The van der Waals surface area contributed by atoms with E-state index in [1.165, 1.54) is 10.5 Å². The number of carbonyl (C=O) groups is 2. The van der Waals surface area contributed by atoms with E-state index in [-0.39, 0.29) is 13.3 Å². The smallest absolute Gasteiger partial charge is 0.269 e. The molecule has 6 heteroatoms. The molecule has 2 atom stereocenters. The van der Waals surface area contributed by atoms with Crippen LogP contribution in [0.25, 0.3) is 11.1 Å². The van der Waals surface area contributed by atoms with Crippen LogP contribution >= 0.6 is 0 Å². The quantitative estimate of drug-likeness (QED) is 0.709. The summed E-state index contributed by atoms with van der Waals surface area (Å²) in [6.07, 6.45) is 0.417. The van der Waals surface area contributed by atoms with Gasteiger partial charge in [-0.3, -0.25) is 14.4 Å². The van der Waals surface area contributed by atoms with E-state index in [4.69, 9.17) is 4.84 Å². The lowest BCUT2D eigenvalue weighted by atomic mass is 10.0. The van der Waals surface area contributed by atoms with Crippen molar-refractivity contribution in [3.05, 3.63) is 59.7 Å². The predicted octanol–water partition coefficient (Wildman–Crippen LogP) is 3.97. The van der Waals surface area contributed by atoms with Crippen LogP contribution < -0.4 is 5.48 Å². The van der Waals surface area contributed by atoms with Crippen molar-refractivity contribution < 1.29 is 19.5 Å². The standard InChI is InChI=1S/C24H30N2O4.CH4/c1-5-16-6-8-17(9-7-16)18-10-12-19(13-11-18)23(29)26-15-14-20(27)21(26)22(28)25-30-24(2,3)4;/h6-13,20-21,27H,5,14-15H2,1-4H3,(H,25,28);1H4/t20-,21-;/m0./s1. The van der Waals surface area contributed by atoms with E-state index < -0.39 is 23.7 Å². The highest BCUT2D eigenvalue weighted by molar-refractivity contribution is 5.98. The maximum Gasteiger partial charge on any atom is 0.269 e. The third-order valence-corrected chi connectivity index (χ3v) is 5.18. The summed E-state index contributed by atoms with van der Waals surface area (Å²) >= 11 is 0. The molecule has 2 amide bonds. The molecule has 1 fully saturated rings. The summed E-state index contributed by atoms with van der Waals surface area (Å²) in [5.74, 6) is -0.800. The first-order valence-corrected chi connectivity index (χ1v) is 10.4.